The Morgan fingerprint density at radius 3 is 2.22 bits per heavy atom. The minimum absolute atomic E-state index is 0.152. The molecule has 0 bridgehead atoms. The van der Waals surface area contributed by atoms with Gasteiger partial charge in [-0.15, -0.1) is 0 Å². The molecule has 18 heavy (non-hydrogen) atoms. The lowest BCUT2D eigenvalue weighted by Gasteiger charge is -2.13. The van der Waals surface area contributed by atoms with Crippen LogP contribution in [0.15, 0.2) is 4.99 Å². The first-order chi connectivity index (χ1) is 8.35. The number of hydrogen-bond acceptors (Lipinski definition) is 1. The fourth-order valence-corrected chi connectivity index (χ4v) is 1.36. The summed E-state index contributed by atoms with van der Waals surface area (Å²) in [7, 11) is 1.65. The Morgan fingerprint density at radius 2 is 1.72 bits per heavy atom. The van der Waals surface area contributed by atoms with Crippen molar-refractivity contribution in [1.29, 1.82) is 0 Å². The number of nitrogens with one attached hydrogen (secondary N) is 2. The molecule has 6 heteroatoms. The number of hydrogen-bond donors (Lipinski definition) is 2. The molecular weight excluding hydrogens is 243 g/mol. The molecule has 0 radical (unpaired) electrons. The van der Waals surface area contributed by atoms with Gasteiger partial charge in [-0.25, -0.2) is 0 Å². The summed E-state index contributed by atoms with van der Waals surface area (Å²) in [5.74, 6) is 1.27. The number of aliphatic imine (C=N–C) groups is 1. The predicted molar refractivity (Wildman–Crippen MR) is 68.7 cm³/mol. The van der Waals surface area contributed by atoms with Gasteiger partial charge in [-0.05, 0) is 25.2 Å². The molecule has 0 aromatic carbocycles. The van der Waals surface area contributed by atoms with Crippen LogP contribution in [-0.2, 0) is 0 Å². The van der Waals surface area contributed by atoms with Crippen molar-refractivity contribution in [3.63, 3.8) is 0 Å². The molecule has 0 aliphatic heterocycles. The maximum Gasteiger partial charge on any atom is 0.389 e. The lowest BCUT2D eigenvalue weighted by atomic mass is 10.1. The normalized spacial score (nSPS) is 12.9. The van der Waals surface area contributed by atoms with Crippen molar-refractivity contribution in [3.05, 3.63) is 0 Å². The van der Waals surface area contributed by atoms with E-state index in [1.807, 2.05) is 0 Å². The van der Waals surface area contributed by atoms with Crippen molar-refractivity contribution in [1.82, 2.24) is 10.6 Å². The average molecular weight is 267 g/mol. The van der Waals surface area contributed by atoms with Crippen LogP contribution in [0.25, 0.3) is 0 Å². The van der Waals surface area contributed by atoms with E-state index in [2.05, 4.69) is 29.5 Å². The molecule has 0 saturated heterocycles. The number of halogens is 3. The second-order valence-electron chi connectivity index (χ2n) is 4.68. The van der Waals surface area contributed by atoms with Crippen LogP contribution in [0.1, 0.15) is 39.5 Å². The minimum Gasteiger partial charge on any atom is -0.356 e. The van der Waals surface area contributed by atoms with Gasteiger partial charge in [0, 0.05) is 26.6 Å². The Labute approximate surface area is 107 Å². The SMILES string of the molecule is CN=C(NCCCCC(F)(F)F)NCCC(C)C. The van der Waals surface area contributed by atoms with Crippen molar-refractivity contribution in [2.24, 2.45) is 10.9 Å². The molecule has 0 fully saturated rings. The highest BCUT2D eigenvalue weighted by molar-refractivity contribution is 5.79. The summed E-state index contributed by atoms with van der Waals surface area (Å²) in [5.41, 5.74) is 0. The van der Waals surface area contributed by atoms with Crippen LogP contribution in [-0.4, -0.2) is 32.3 Å². The minimum atomic E-state index is -4.04. The summed E-state index contributed by atoms with van der Waals surface area (Å²) in [5, 5.41) is 6.13. The molecule has 0 aliphatic rings. The molecule has 0 atom stereocenters. The van der Waals surface area contributed by atoms with E-state index in [1.165, 1.54) is 0 Å². The Balaban J connectivity index is 3.57. The highest BCUT2D eigenvalue weighted by Gasteiger charge is 2.25. The summed E-state index contributed by atoms with van der Waals surface area (Å²) < 4.78 is 35.7. The van der Waals surface area contributed by atoms with E-state index in [-0.39, 0.29) is 6.42 Å². The molecule has 2 N–H and O–H groups in total. The molecular formula is C12H24F3N3. The van der Waals surface area contributed by atoms with Gasteiger partial charge in [0.25, 0.3) is 0 Å². The number of guanidine groups is 1. The van der Waals surface area contributed by atoms with Gasteiger partial charge in [0.1, 0.15) is 0 Å². The number of unbranched alkanes of at least 4 members (excludes halogenated alkanes) is 1. The van der Waals surface area contributed by atoms with E-state index < -0.39 is 12.6 Å². The Bertz CT molecular complexity index is 237. The van der Waals surface area contributed by atoms with E-state index in [1.54, 1.807) is 7.05 Å². The maximum absolute atomic E-state index is 11.9. The summed E-state index contributed by atoms with van der Waals surface area (Å²) in [4.78, 5) is 4.00. The molecule has 0 aromatic heterocycles. The summed E-state index contributed by atoms with van der Waals surface area (Å²) >= 11 is 0. The van der Waals surface area contributed by atoms with Crippen LogP contribution < -0.4 is 10.6 Å². The standard InChI is InChI=1S/C12H24F3N3/c1-10(2)6-9-18-11(16-3)17-8-5-4-7-12(13,14)15/h10H,4-9H2,1-3H3,(H2,16,17,18). The summed E-state index contributed by atoms with van der Waals surface area (Å²) in [6, 6.07) is 0. The Kier molecular flexibility index (Phi) is 8.58. The first-order valence-electron chi connectivity index (χ1n) is 6.36. The second kappa shape index (κ2) is 9.05. The summed E-state index contributed by atoms with van der Waals surface area (Å²) in [6.07, 6.45) is -3.08. The Morgan fingerprint density at radius 1 is 1.11 bits per heavy atom. The Hall–Kier alpha value is -0.940. The molecule has 0 saturated carbocycles. The predicted octanol–water partition coefficient (Wildman–Crippen LogP) is 2.93. The molecule has 0 aromatic rings. The summed E-state index contributed by atoms with van der Waals surface area (Å²) in [6.45, 7) is 5.60. The third-order valence-corrected chi connectivity index (χ3v) is 2.42. The van der Waals surface area contributed by atoms with Gasteiger partial charge >= 0.3 is 6.18 Å². The molecule has 0 spiro atoms. The van der Waals surface area contributed by atoms with Crippen molar-refractivity contribution in [3.8, 4) is 0 Å². The van der Waals surface area contributed by atoms with E-state index in [0.29, 0.717) is 24.8 Å². The van der Waals surface area contributed by atoms with Crippen LogP contribution in [0.5, 0.6) is 0 Å². The van der Waals surface area contributed by atoms with Crippen LogP contribution in [0.2, 0.25) is 0 Å². The zero-order valence-electron chi connectivity index (χ0n) is 11.4. The van der Waals surface area contributed by atoms with Crippen LogP contribution in [0.3, 0.4) is 0 Å². The van der Waals surface area contributed by atoms with E-state index in [9.17, 15) is 13.2 Å². The van der Waals surface area contributed by atoms with Gasteiger partial charge < -0.3 is 10.6 Å². The van der Waals surface area contributed by atoms with Gasteiger partial charge in [0.05, 0.1) is 0 Å². The average Bonchev–Trinajstić information content (AvgIpc) is 2.24. The van der Waals surface area contributed by atoms with Crippen molar-refractivity contribution in [2.45, 2.75) is 45.7 Å². The first-order valence-corrected chi connectivity index (χ1v) is 6.36. The molecule has 0 amide bonds. The van der Waals surface area contributed by atoms with E-state index >= 15 is 0 Å². The fourth-order valence-electron chi connectivity index (χ4n) is 1.36. The largest absolute Gasteiger partial charge is 0.389 e. The van der Waals surface area contributed by atoms with Gasteiger partial charge in [-0.2, -0.15) is 13.2 Å². The van der Waals surface area contributed by atoms with Crippen LogP contribution in [0, 0.1) is 5.92 Å². The van der Waals surface area contributed by atoms with Gasteiger partial charge in [0.15, 0.2) is 5.96 Å². The highest BCUT2D eigenvalue weighted by Crippen LogP contribution is 2.21. The zero-order chi connectivity index (χ0) is 14.0. The molecule has 108 valence electrons. The molecule has 3 nitrogen and oxygen atoms in total. The third-order valence-electron chi connectivity index (χ3n) is 2.42. The lowest BCUT2D eigenvalue weighted by molar-refractivity contribution is -0.135. The monoisotopic (exact) mass is 267 g/mol. The topological polar surface area (TPSA) is 36.4 Å². The highest BCUT2D eigenvalue weighted by atomic mass is 19.4. The molecule has 0 aliphatic carbocycles. The third kappa shape index (κ3) is 11.5. The lowest BCUT2D eigenvalue weighted by Crippen LogP contribution is -2.38. The maximum atomic E-state index is 11.9. The van der Waals surface area contributed by atoms with Gasteiger partial charge in [-0.3, -0.25) is 4.99 Å². The number of rotatable bonds is 7. The van der Waals surface area contributed by atoms with Crippen molar-refractivity contribution >= 4 is 5.96 Å². The quantitative estimate of drug-likeness (QED) is 0.423. The first kappa shape index (κ1) is 17.1. The van der Waals surface area contributed by atoms with E-state index in [4.69, 9.17) is 0 Å². The number of alkyl halides is 3. The van der Waals surface area contributed by atoms with Gasteiger partial charge in [0.2, 0.25) is 0 Å². The number of nitrogens with zero attached hydrogens (tertiary/aromatic N) is 1. The van der Waals surface area contributed by atoms with Crippen molar-refractivity contribution in [2.75, 3.05) is 20.1 Å². The molecule has 0 unspecified atom stereocenters. The van der Waals surface area contributed by atoms with Gasteiger partial charge in [-0.1, -0.05) is 13.8 Å². The second-order valence-corrected chi connectivity index (χ2v) is 4.68. The van der Waals surface area contributed by atoms with Crippen LogP contribution >= 0.6 is 0 Å². The van der Waals surface area contributed by atoms with Crippen LogP contribution in [0.4, 0.5) is 13.2 Å². The molecule has 0 rings (SSSR count). The zero-order valence-corrected chi connectivity index (χ0v) is 11.4. The smallest absolute Gasteiger partial charge is 0.356 e. The fraction of sp³-hybridized carbons (Fsp3) is 0.917. The van der Waals surface area contributed by atoms with E-state index in [0.717, 1.165) is 13.0 Å². The van der Waals surface area contributed by atoms with Crippen molar-refractivity contribution < 1.29 is 13.2 Å². The molecule has 0 heterocycles.